The van der Waals surface area contributed by atoms with Crippen LogP contribution < -0.4 is 10.9 Å². The van der Waals surface area contributed by atoms with Crippen LogP contribution in [0.3, 0.4) is 0 Å². The number of piperidine rings is 1. The average molecular weight is 455 g/mol. The van der Waals surface area contributed by atoms with E-state index in [4.69, 9.17) is 0 Å². The molecule has 0 aliphatic carbocycles. The van der Waals surface area contributed by atoms with Crippen molar-refractivity contribution in [2.75, 3.05) is 25.0 Å². The van der Waals surface area contributed by atoms with E-state index in [1.54, 1.807) is 23.1 Å². The van der Waals surface area contributed by atoms with Crippen LogP contribution in [0.1, 0.15) is 40.1 Å². The first-order valence-electron chi connectivity index (χ1n) is 11.8. The monoisotopic (exact) mass is 454 g/mol. The topological polar surface area (TPSA) is 74.7 Å². The van der Waals surface area contributed by atoms with Crippen molar-refractivity contribution in [3.63, 3.8) is 0 Å². The van der Waals surface area contributed by atoms with Gasteiger partial charge in [-0.05, 0) is 36.1 Å². The molecule has 3 unspecified atom stereocenters. The number of rotatable bonds is 3. The maximum Gasteiger partial charge on any atom is 0.258 e. The number of amides is 2. The van der Waals surface area contributed by atoms with Crippen molar-refractivity contribution in [3.8, 4) is 0 Å². The third-order valence-electron chi connectivity index (χ3n) is 7.28. The molecule has 6 rings (SSSR count). The number of likely N-dealkylation sites (tertiary alicyclic amines) is 1. The van der Waals surface area contributed by atoms with Crippen LogP contribution in [-0.4, -0.2) is 45.8 Å². The highest BCUT2D eigenvalue weighted by Gasteiger charge is 2.39. The van der Waals surface area contributed by atoms with Gasteiger partial charge in [0.1, 0.15) is 12.7 Å². The number of pyridine rings is 1. The second kappa shape index (κ2) is 8.17. The van der Waals surface area contributed by atoms with Gasteiger partial charge in [0.15, 0.2) is 0 Å². The summed E-state index contributed by atoms with van der Waals surface area (Å²) in [6, 6.07) is 22.6. The zero-order valence-corrected chi connectivity index (χ0v) is 18.8. The van der Waals surface area contributed by atoms with Gasteiger partial charge in [0.25, 0.3) is 11.5 Å². The smallest absolute Gasteiger partial charge is 0.258 e. The van der Waals surface area contributed by atoms with Gasteiger partial charge in [0.2, 0.25) is 5.91 Å². The van der Waals surface area contributed by atoms with E-state index in [0.717, 1.165) is 23.4 Å². The molecule has 3 aliphatic rings. The maximum atomic E-state index is 13.5. The fourth-order valence-electron chi connectivity index (χ4n) is 5.70. The number of benzene rings is 2. The summed E-state index contributed by atoms with van der Waals surface area (Å²) in [6.07, 6.45) is 0.563. The number of fused-ring (bicyclic) bond motifs is 5. The zero-order chi connectivity index (χ0) is 23.2. The van der Waals surface area contributed by atoms with E-state index < -0.39 is 6.17 Å². The van der Waals surface area contributed by atoms with E-state index >= 15 is 0 Å². The molecule has 2 aromatic carbocycles. The highest BCUT2D eigenvalue weighted by Crippen LogP contribution is 2.36. The fourth-order valence-corrected chi connectivity index (χ4v) is 5.70. The van der Waals surface area contributed by atoms with Gasteiger partial charge >= 0.3 is 0 Å². The van der Waals surface area contributed by atoms with E-state index in [2.05, 4.69) is 5.32 Å². The summed E-state index contributed by atoms with van der Waals surface area (Å²) in [5.41, 5.74) is 3.32. The second-order valence-corrected chi connectivity index (χ2v) is 9.43. The van der Waals surface area contributed by atoms with Crippen molar-refractivity contribution < 1.29 is 9.59 Å². The number of nitrogens with one attached hydrogen (secondary N) is 1. The van der Waals surface area contributed by atoms with Crippen molar-refractivity contribution in [1.29, 1.82) is 0 Å². The number of carbonyl (C=O) groups excluding carboxylic acids is 2. The van der Waals surface area contributed by atoms with E-state index in [1.807, 2.05) is 64.1 Å². The number of anilines is 1. The first kappa shape index (κ1) is 20.7. The lowest BCUT2D eigenvalue weighted by molar-refractivity contribution is -0.135. The SMILES string of the molecule is O=C(CN1C(=O)c2ccccc2NC1c1ccccc1)N1CC2CC(C1)c1cccc(=O)n1C2. The van der Waals surface area contributed by atoms with Gasteiger partial charge in [0, 0.05) is 43.0 Å². The predicted molar refractivity (Wildman–Crippen MR) is 128 cm³/mol. The number of aromatic nitrogens is 1. The molecule has 1 fully saturated rings. The van der Waals surface area contributed by atoms with Crippen LogP contribution in [0.15, 0.2) is 77.6 Å². The Morgan fingerprint density at radius 3 is 2.53 bits per heavy atom. The molecular formula is C27H26N4O3. The van der Waals surface area contributed by atoms with Gasteiger partial charge < -0.3 is 19.7 Å². The van der Waals surface area contributed by atoms with Gasteiger partial charge in [0.05, 0.1) is 5.56 Å². The Morgan fingerprint density at radius 1 is 0.882 bits per heavy atom. The van der Waals surface area contributed by atoms with Crippen molar-refractivity contribution in [3.05, 3.63) is 100.0 Å². The van der Waals surface area contributed by atoms with Gasteiger partial charge in [-0.1, -0.05) is 48.5 Å². The largest absolute Gasteiger partial charge is 0.361 e. The standard InChI is InChI=1S/C27H26N4O3/c32-24-12-6-11-23-20-13-18(15-30(23)24)14-29(16-20)25(33)17-31-26(19-7-2-1-3-8-19)28-22-10-5-4-9-21(22)27(31)34/h1-12,18,20,26,28H,13-17H2. The summed E-state index contributed by atoms with van der Waals surface area (Å²) in [7, 11) is 0. The predicted octanol–water partition coefficient (Wildman–Crippen LogP) is 3.06. The van der Waals surface area contributed by atoms with Crippen molar-refractivity contribution in [2.24, 2.45) is 5.92 Å². The molecule has 4 heterocycles. The van der Waals surface area contributed by atoms with Crippen LogP contribution in [0.2, 0.25) is 0 Å². The maximum absolute atomic E-state index is 13.5. The number of nitrogens with zero attached hydrogens (tertiary/aromatic N) is 3. The number of hydrogen-bond donors (Lipinski definition) is 1. The molecule has 7 heteroatoms. The van der Waals surface area contributed by atoms with E-state index in [1.165, 1.54) is 0 Å². The molecule has 34 heavy (non-hydrogen) atoms. The Kier molecular flexibility index (Phi) is 4.98. The molecule has 3 atom stereocenters. The van der Waals surface area contributed by atoms with E-state index in [9.17, 15) is 14.4 Å². The molecule has 1 aromatic heterocycles. The number of carbonyl (C=O) groups is 2. The Labute approximate surface area is 197 Å². The van der Waals surface area contributed by atoms with E-state index in [0.29, 0.717) is 25.2 Å². The summed E-state index contributed by atoms with van der Waals surface area (Å²) in [4.78, 5) is 42.9. The fraction of sp³-hybridized carbons (Fsp3) is 0.296. The van der Waals surface area contributed by atoms with Crippen LogP contribution in [0.5, 0.6) is 0 Å². The highest BCUT2D eigenvalue weighted by atomic mass is 16.2. The number of para-hydroxylation sites is 1. The van der Waals surface area contributed by atoms with Crippen LogP contribution in [0.25, 0.3) is 0 Å². The van der Waals surface area contributed by atoms with Gasteiger partial charge in [-0.25, -0.2) is 0 Å². The minimum absolute atomic E-state index is 0.000758. The van der Waals surface area contributed by atoms with Gasteiger partial charge in [-0.15, -0.1) is 0 Å². The molecule has 2 bridgehead atoms. The molecular weight excluding hydrogens is 428 g/mol. The van der Waals surface area contributed by atoms with Crippen LogP contribution in [-0.2, 0) is 11.3 Å². The molecule has 3 aliphatic heterocycles. The highest BCUT2D eigenvalue weighted by molar-refractivity contribution is 6.03. The van der Waals surface area contributed by atoms with E-state index in [-0.39, 0.29) is 35.8 Å². The summed E-state index contributed by atoms with van der Waals surface area (Å²) < 4.78 is 1.86. The summed E-state index contributed by atoms with van der Waals surface area (Å²) in [5.74, 6) is 0.185. The molecule has 0 saturated carbocycles. The molecule has 7 nitrogen and oxygen atoms in total. The third-order valence-corrected chi connectivity index (χ3v) is 7.28. The Hall–Kier alpha value is -3.87. The molecule has 0 radical (unpaired) electrons. The van der Waals surface area contributed by atoms with Gasteiger partial charge in [-0.3, -0.25) is 14.4 Å². The van der Waals surface area contributed by atoms with Crippen molar-refractivity contribution in [1.82, 2.24) is 14.4 Å². The second-order valence-electron chi connectivity index (χ2n) is 9.43. The Balaban J connectivity index is 1.27. The molecule has 1 saturated heterocycles. The molecule has 1 N–H and O–H groups in total. The van der Waals surface area contributed by atoms with Crippen molar-refractivity contribution in [2.45, 2.75) is 25.0 Å². The third kappa shape index (κ3) is 3.48. The van der Waals surface area contributed by atoms with Crippen LogP contribution in [0, 0.1) is 5.92 Å². The minimum atomic E-state index is -0.420. The first-order valence-corrected chi connectivity index (χ1v) is 11.8. The normalized spacial score (nSPS) is 23.1. The molecule has 0 spiro atoms. The molecule has 172 valence electrons. The lowest BCUT2D eigenvalue weighted by atomic mass is 9.83. The summed E-state index contributed by atoms with van der Waals surface area (Å²) in [6.45, 7) is 1.82. The number of hydrogen-bond acceptors (Lipinski definition) is 4. The minimum Gasteiger partial charge on any atom is -0.361 e. The van der Waals surface area contributed by atoms with Crippen LogP contribution in [0.4, 0.5) is 5.69 Å². The Morgan fingerprint density at radius 2 is 1.68 bits per heavy atom. The lowest BCUT2D eigenvalue weighted by Crippen LogP contribution is -2.53. The summed E-state index contributed by atoms with van der Waals surface area (Å²) >= 11 is 0. The van der Waals surface area contributed by atoms with Gasteiger partial charge in [-0.2, -0.15) is 0 Å². The lowest BCUT2D eigenvalue weighted by Gasteiger charge is -2.44. The quantitative estimate of drug-likeness (QED) is 0.660. The summed E-state index contributed by atoms with van der Waals surface area (Å²) in [5, 5.41) is 3.46. The Bertz CT molecular complexity index is 1320. The molecule has 2 amide bonds. The van der Waals surface area contributed by atoms with Crippen LogP contribution >= 0.6 is 0 Å². The average Bonchev–Trinajstić information content (AvgIpc) is 2.86. The molecule has 3 aromatic rings. The van der Waals surface area contributed by atoms with Crippen molar-refractivity contribution >= 4 is 17.5 Å². The zero-order valence-electron chi connectivity index (χ0n) is 18.8. The first-order chi connectivity index (χ1) is 16.6.